The number of benzene rings is 2. The SMILES string of the molecule is CNC(=O)[C@H](C)c1c(C)n(C(=O)c2ccc(OC(F)(F)F)cc2)c2ccc(O)cc12. The molecule has 1 atom stereocenters. The molecule has 2 aromatic carbocycles. The standard InChI is InChI=1S/C21H19F3N2O4/c1-11(19(28)25-3)18-12(2)26(17-9-6-14(27)10-16(17)18)20(29)13-4-7-15(8-5-13)30-21(22,23)24/h4-11,27H,1-3H3,(H,25,28)/t11-/m1/s1. The normalized spacial score (nSPS) is 12.6. The van der Waals surface area contributed by atoms with E-state index in [2.05, 4.69) is 10.1 Å². The Bertz CT molecular complexity index is 1120. The number of hydrogen-bond donors (Lipinski definition) is 2. The van der Waals surface area contributed by atoms with E-state index >= 15 is 0 Å². The van der Waals surface area contributed by atoms with Crippen molar-refractivity contribution in [2.45, 2.75) is 26.1 Å². The number of fused-ring (bicyclic) bond motifs is 1. The quantitative estimate of drug-likeness (QED) is 0.666. The molecule has 3 aromatic rings. The first-order valence-electron chi connectivity index (χ1n) is 8.99. The molecule has 0 fully saturated rings. The number of ether oxygens (including phenoxy) is 1. The second-order valence-electron chi connectivity index (χ2n) is 6.75. The van der Waals surface area contributed by atoms with Gasteiger partial charge >= 0.3 is 6.36 Å². The van der Waals surface area contributed by atoms with Crippen LogP contribution in [0.2, 0.25) is 0 Å². The topological polar surface area (TPSA) is 80.6 Å². The predicted octanol–water partition coefficient (Wildman–Crippen LogP) is 4.09. The van der Waals surface area contributed by atoms with Crippen LogP contribution in [0.25, 0.3) is 10.9 Å². The van der Waals surface area contributed by atoms with Crippen LogP contribution >= 0.6 is 0 Å². The maximum Gasteiger partial charge on any atom is 0.573 e. The van der Waals surface area contributed by atoms with Crippen molar-refractivity contribution in [3.05, 3.63) is 59.3 Å². The van der Waals surface area contributed by atoms with Crippen molar-refractivity contribution in [2.75, 3.05) is 7.05 Å². The van der Waals surface area contributed by atoms with E-state index in [0.717, 1.165) is 12.1 Å². The highest BCUT2D eigenvalue weighted by Gasteiger charge is 2.31. The van der Waals surface area contributed by atoms with Crippen molar-refractivity contribution >= 4 is 22.7 Å². The Morgan fingerprint density at radius 3 is 2.33 bits per heavy atom. The van der Waals surface area contributed by atoms with Crippen molar-refractivity contribution in [3.8, 4) is 11.5 Å². The van der Waals surface area contributed by atoms with Gasteiger partial charge in [0.2, 0.25) is 5.91 Å². The Balaban J connectivity index is 2.11. The molecule has 0 radical (unpaired) electrons. The summed E-state index contributed by atoms with van der Waals surface area (Å²) in [7, 11) is 1.50. The zero-order valence-corrected chi connectivity index (χ0v) is 16.4. The first-order chi connectivity index (χ1) is 14.0. The molecule has 1 aromatic heterocycles. The molecule has 158 valence electrons. The Morgan fingerprint density at radius 1 is 1.13 bits per heavy atom. The third-order valence-electron chi connectivity index (χ3n) is 4.85. The molecule has 30 heavy (non-hydrogen) atoms. The number of phenols is 1. The van der Waals surface area contributed by atoms with Gasteiger partial charge in [0.05, 0.1) is 11.4 Å². The average molecular weight is 420 g/mol. The molecule has 0 spiro atoms. The molecule has 0 bridgehead atoms. The molecular weight excluding hydrogens is 401 g/mol. The number of hydrogen-bond acceptors (Lipinski definition) is 4. The van der Waals surface area contributed by atoms with Crippen LogP contribution in [0.4, 0.5) is 13.2 Å². The van der Waals surface area contributed by atoms with E-state index in [-0.39, 0.29) is 17.2 Å². The molecule has 0 aliphatic rings. The van der Waals surface area contributed by atoms with Crippen LogP contribution in [0.5, 0.6) is 11.5 Å². The number of aromatic nitrogens is 1. The lowest BCUT2D eigenvalue weighted by atomic mass is 9.97. The zero-order valence-electron chi connectivity index (χ0n) is 16.4. The zero-order chi connectivity index (χ0) is 22.2. The fraction of sp³-hybridized carbons (Fsp3) is 0.238. The molecule has 1 heterocycles. The smallest absolute Gasteiger partial charge is 0.508 e. The maximum atomic E-state index is 13.2. The number of halogens is 3. The van der Waals surface area contributed by atoms with Gasteiger partial charge in [-0.15, -0.1) is 13.2 Å². The monoisotopic (exact) mass is 420 g/mol. The number of phenolic OH excluding ortho intramolecular Hbond substituents is 1. The highest BCUT2D eigenvalue weighted by atomic mass is 19.4. The fourth-order valence-electron chi connectivity index (χ4n) is 3.51. The molecule has 0 saturated carbocycles. The molecule has 0 saturated heterocycles. The van der Waals surface area contributed by atoms with Crippen LogP contribution in [0.1, 0.15) is 34.5 Å². The molecule has 1 amide bonds. The molecule has 9 heteroatoms. The third kappa shape index (κ3) is 3.96. The molecule has 0 aliphatic heterocycles. The van der Waals surface area contributed by atoms with Crippen LogP contribution in [0, 0.1) is 6.92 Å². The number of nitrogens with one attached hydrogen (secondary N) is 1. The fourth-order valence-corrected chi connectivity index (χ4v) is 3.51. The van der Waals surface area contributed by atoms with Gasteiger partial charge in [-0.25, -0.2) is 0 Å². The van der Waals surface area contributed by atoms with E-state index in [1.54, 1.807) is 19.9 Å². The number of carbonyl (C=O) groups is 2. The highest BCUT2D eigenvalue weighted by Crippen LogP contribution is 2.35. The minimum absolute atomic E-state index is 0.0221. The molecular formula is C21H19F3N2O4. The Morgan fingerprint density at radius 2 is 1.77 bits per heavy atom. The van der Waals surface area contributed by atoms with Gasteiger partial charge in [0, 0.05) is 23.7 Å². The van der Waals surface area contributed by atoms with Crippen molar-refractivity contribution in [2.24, 2.45) is 0 Å². The summed E-state index contributed by atoms with van der Waals surface area (Å²) >= 11 is 0. The van der Waals surface area contributed by atoms with Gasteiger partial charge < -0.3 is 15.2 Å². The van der Waals surface area contributed by atoms with Gasteiger partial charge in [0.15, 0.2) is 0 Å². The molecule has 2 N–H and O–H groups in total. The summed E-state index contributed by atoms with van der Waals surface area (Å²) in [5.41, 5.74) is 1.67. The molecule has 0 unspecified atom stereocenters. The number of likely N-dealkylation sites (N-methyl/N-ethyl adjacent to an activating group) is 1. The number of alkyl halides is 3. The van der Waals surface area contributed by atoms with Crippen LogP contribution in [0.3, 0.4) is 0 Å². The lowest BCUT2D eigenvalue weighted by Gasteiger charge is -2.12. The van der Waals surface area contributed by atoms with Crippen molar-refractivity contribution in [1.29, 1.82) is 0 Å². The summed E-state index contributed by atoms with van der Waals surface area (Å²) in [6, 6.07) is 9.02. The van der Waals surface area contributed by atoms with Gasteiger partial charge in [-0.3, -0.25) is 14.2 Å². The summed E-state index contributed by atoms with van der Waals surface area (Å²) < 4.78 is 42.3. The minimum atomic E-state index is -4.83. The van der Waals surface area contributed by atoms with Crippen molar-refractivity contribution in [3.63, 3.8) is 0 Å². The van der Waals surface area contributed by atoms with E-state index < -0.39 is 23.9 Å². The van der Waals surface area contributed by atoms with Crippen LogP contribution < -0.4 is 10.1 Å². The second kappa shape index (κ2) is 7.74. The first kappa shape index (κ1) is 21.2. The van der Waals surface area contributed by atoms with Crippen LogP contribution in [0.15, 0.2) is 42.5 Å². The number of rotatable bonds is 4. The maximum absolute atomic E-state index is 13.2. The van der Waals surface area contributed by atoms with Crippen molar-refractivity contribution in [1.82, 2.24) is 9.88 Å². The van der Waals surface area contributed by atoms with Gasteiger partial charge in [-0.2, -0.15) is 0 Å². The predicted molar refractivity (Wildman–Crippen MR) is 104 cm³/mol. The van der Waals surface area contributed by atoms with E-state index in [1.807, 2.05) is 0 Å². The largest absolute Gasteiger partial charge is 0.573 e. The van der Waals surface area contributed by atoms with E-state index in [1.165, 1.54) is 35.9 Å². The van der Waals surface area contributed by atoms with Gasteiger partial charge in [0.25, 0.3) is 5.91 Å². The number of aromatic hydroxyl groups is 1. The molecule has 3 rings (SSSR count). The number of carbonyl (C=O) groups excluding carboxylic acids is 2. The van der Waals surface area contributed by atoms with Crippen LogP contribution in [-0.2, 0) is 4.79 Å². The second-order valence-corrected chi connectivity index (χ2v) is 6.75. The Kier molecular flexibility index (Phi) is 5.47. The van der Waals surface area contributed by atoms with E-state index in [0.29, 0.717) is 22.2 Å². The average Bonchev–Trinajstić information content (AvgIpc) is 2.96. The highest BCUT2D eigenvalue weighted by molar-refractivity contribution is 6.05. The van der Waals surface area contributed by atoms with E-state index in [4.69, 9.17) is 0 Å². The lowest BCUT2D eigenvalue weighted by Crippen LogP contribution is -2.24. The Labute approximate surface area is 169 Å². The summed E-state index contributed by atoms with van der Waals surface area (Å²) in [6.45, 7) is 3.35. The van der Waals surface area contributed by atoms with Gasteiger partial charge in [0.1, 0.15) is 11.5 Å². The summed E-state index contributed by atoms with van der Waals surface area (Å²) in [4.78, 5) is 25.4. The summed E-state index contributed by atoms with van der Waals surface area (Å²) in [5.74, 6) is -1.81. The third-order valence-corrected chi connectivity index (χ3v) is 4.85. The van der Waals surface area contributed by atoms with Gasteiger partial charge in [-0.1, -0.05) is 0 Å². The first-order valence-corrected chi connectivity index (χ1v) is 8.99. The number of amides is 1. The summed E-state index contributed by atoms with van der Waals surface area (Å²) in [5, 5.41) is 13.0. The summed E-state index contributed by atoms with van der Waals surface area (Å²) in [6.07, 6.45) is -4.83. The van der Waals surface area contributed by atoms with Crippen LogP contribution in [-0.4, -0.2) is 34.9 Å². The van der Waals surface area contributed by atoms with E-state index in [9.17, 15) is 27.9 Å². The van der Waals surface area contributed by atoms with Gasteiger partial charge in [-0.05, 0) is 61.9 Å². The molecule has 0 aliphatic carbocycles. The van der Waals surface area contributed by atoms with Crippen molar-refractivity contribution < 1.29 is 32.6 Å². The molecule has 6 nitrogen and oxygen atoms in total. The lowest BCUT2D eigenvalue weighted by molar-refractivity contribution is -0.274. The minimum Gasteiger partial charge on any atom is -0.508 e. The Hall–Kier alpha value is -3.49. The number of nitrogens with zero attached hydrogens (tertiary/aromatic N) is 1.